The number of rotatable bonds is 2. The molecule has 0 radical (unpaired) electrons. The van der Waals surface area contributed by atoms with Crippen molar-refractivity contribution >= 4 is 22.8 Å². The molecule has 1 N–H and O–H groups in total. The van der Waals surface area contributed by atoms with Crippen LogP contribution in [0.5, 0.6) is 0 Å². The summed E-state index contributed by atoms with van der Waals surface area (Å²) < 4.78 is 0. The maximum absolute atomic E-state index is 8.44. The van der Waals surface area contributed by atoms with E-state index in [0.29, 0.717) is 5.75 Å². The molecule has 13 heavy (non-hydrogen) atoms. The Labute approximate surface area is 79.8 Å². The Morgan fingerprint density at radius 3 is 3.31 bits per heavy atom. The number of H-pyrrole nitrogens is 1. The monoisotopic (exact) mass is 189 g/mol. The summed E-state index contributed by atoms with van der Waals surface area (Å²) in [6.45, 7) is 0. The first-order chi connectivity index (χ1) is 6.42. The molecular weight excluding hydrogens is 182 g/mol. The summed E-state index contributed by atoms with van der Waals surface area (Å²) in [5.41, 5.74) is 3.09. The molecule has 0 fully saturated rings. The van der Waals surface area contributed by atoms with Crippen molar-refractivity contribution in [2.45, 2.75) is 5.75 Å². The number of hydrogen-bond donors (Lipinski definition) is 1. The van der Waals surface area contributed by atoms with Crippen LogP contribution in [0.1, 0.15) is 5.56 Å². The summed E-state index contributed by atoms with van der Waals surface area (Å²) in [5, 5.41) is 10.5. The molecule has 1 aromatic heterocycles. The standard InChI is InChI=1S/C9H7N3S/c10-5-13-4-7-2-1-3-8-9(7)12-6-11-8/h1-3,6H,4H2,(H,11,12). The largest absolute Gasteiger partial charge is 0.345 e. The third-order valence-corrected chi connectivity index (χ3v) is 2.41. The number of nitrogens with zero attached hydrogens (tertiary/aromatic N) is 2. The van der Waals surface area contributed by atoms with Crippen molar-refractivity contribution in [3.8, 4) is 5.40 Å². The van der Waals surface area contributed by atoms with Crippen LogP contribution in [0.2, 0.25) is 0 Å². The fraction of sp³-hybridized carbons (Fsp3) is 0.111. The lowest BCUT2D eigenvalue weighted by Crippen LogP contribution is -1.81. The van der Waals surface area contributed by atoms with Gasteiger partial charge in [-0.1, -0.05) is 12.1 Å². The van der Waals surface area contributed by atoms with E-state index in [9.17, 15) is 0 Å². The van der Waals surface area contributed by atoms with E-state index in [1.54, 1.807) is 6.33 Å². The molecule has 0 saturated carbocycles. The fourth-order valence-electron chi connectivity index (χ4n) is 1.25. The van der Waals surface area contributed by atoms with E-state index in [-0.39, 0.29) is 0 Å². The van der Waals surface area contributed by atoms with Crippen LogP contribution in [0.15, 0.2) is 24.5 Å². The van der Waals surface area contributed by atoms with Crippen LogP contribution in [-0.2, 0) is 5.75 Å². The summed E-state index contributed by atoms with van der Waals surface area (Å²) in [7, 11) is 0. The predicted octanol–water partition coefficient (Wildman–Crippen LogP) is 2.28. The second-order valence-corrected chi connectivity index (χ2v) is 3.36. The first-order valence-electron chi connectivity index (χ1n) is 3.83. The second-order valence-electron chi connectivity index (χ2n) is 2.60. The van der Waals surface area contributed by atoms with Gasteiger partial charge in [-0.15, -0.1) is 0 Å². The van der Waals surface area contributed by atoms with Crippen molar-refractivity contribution < 1.29 is 0 Å². The lowest BCUT2D eigenvalue weighted by Gasteiger charge is -1.96. The number of fused-ring (bicyclic) bond motifs is 1. The van der Waals surface area contributed by atoms with Gasteiger partial charge in [0.1, 0.15) is 5.40 Å². The van der Waals surface area contributed by atoms with Crippen molar-refractivity contribution in [3.63, 3.8) is 0 Å². The molecule has 2 rings (SSSR count). The van der Waals surface area contributed by atoms with E-state index in [0.717, 1.165) is 16.6 Å². The van der Waals surface area contributed by atoms with E-state index >= 15 is 0 Å². The van der Waals surface area contributed by atoms with E-state index in [1.165, 1.54) is 11.8 Å². The highest BCUT2D eigenvalue weighted by Gasteiger charge is 2.01. The van der Waals surface area contributed by atoms with Crippen molar-refractivity contribution in [2.75, 3.05) is 0 Å². The highest BCUT2D eigenvalue weighted by atomic mass is 32.2. The number of aromatic amines is 1. The molecule has 4 heteroatoms. The quantitative estimate of drug-likeness (QED) is 0.737. The van der Waals surface area contributed by atoms with Crippen molar-refractivity contribution in [3.05, 3.63) is 30.1 Å². The molecular formula is C9H7N3S. The SMILES string of the molecule is N#CSCc1cccc2[nH]cnc12. The third kappa shape index (κ3) is 1.51. The molecule has 0 aliphatic carbocycles. The van der Waals surface area contributed by atoms with Gasteiger partial charge in [0.2, 0.25) is 0 Å². The van der Waals surface area contributed by atoms with Gasteiger partial charge in [-0.25, -0.2) is 4.98 Å². The van der Waals surface area contributed by atoms with Crippen molar-refractivity contribution in [1.29, 1.82) is 5.26 Å². The smallest absolute Gasteiger partial charge is 0.133 e. The molecule has 0 spiro atoms. The van der Waals surface area contributed by atoms with Gasteiger partial charge in [-0.05, 0) is 23.4 Å². The maximum Gasteiger partial charge on any atom is 0.133 e. The number of aromatic nitrogens is 2. The number of thiocyanates is 1. The second kappa shape index (κ2) is 3.50. The number of para-hydroxylation sites is 1. The molecule has 0 amide bonds. The summed E-state index contributed by atoms with van der Waals surface area (Å²) >= 11 is 1.23. The molecule has 1 aromatic carbocycles. The summed E-state index contributed by atoms with van der Waals surface area (Å²) in [6.07, 6.45) is 1.67. The molecule has 0 bridgehead atoms. The Hall–Kier alpha value is -1.47. The van der Waals surface area contributed by atoms with Gasteiger partial charge in [0, 0.05) is 5.75 Å². The van der Waals surface area contributed by atoms with Crippen LogP contribution in [0, 0.1) is 10.7 Å². The van der Waals surface area contributed by atoms with Gasteiger partial charge in [-0.2, -0.15) is 5.26 Å². The summed E-state index contributed by atoms with van der Waals surface area (Å²) in [6, 6.07) is 5.93. The van der Waals surface area contributed by atoms with Crippen molar-refractivity contribution in [1.82, 2.24) is 9.97 Å². The molecule has 0 atom stereocenters. The van der Waals surface area contributed by atoms with Crippen LogP contribution in [-0.4, -0.2) is 9.97 Å². The molecule has 0 unspecified atom stereocenters. The Morgan fingerprint density at radius 1 is 1.54 bits per heavy atom. The Bertz CT molecular complexity index is 455. The molecule has 0 aliphatic rings. The average Bonchev–Trinajstić information content (AvgIpc) is 2.62. The average molecular weight is 189 g/mol. The van der Waals surface area contributed by atoms with E-state index in [4.69, 9.17) is 5.26 Å². The third-order valence-electron chi connectivity index (χ3n) is 1.83. The van der Waals surface area contributed by atoms with E-state index < -0.39 is 0 Å². The topological polar surface area (TPSA) is 52.5 Å². The molecule has 3 nitrogen and oxygen atoms in total. The molecule has 0 aliphatic heterocycles. The molecule has 2 aromatic rings. The van der Waals surface area contributed by atoms with Crippen LogP contribution < -0.4 is 0 Å². The summed E-state index contributed by atoms with van der Waals surface area (Å²) in [4.78, 5) is 7.23. The summed E-state index contributed by atoms with van der Waals surface area (Å²) in [5.74, 6) is 0.693. The van der Waals surface area contributed by atoms with Gasteiger partial charge in [-0.3, -0.25) is 0 Å². The van der Waals surface area contributed by atoms with Gasteiger partial charge in [0.25, 0.3) is 0 Å². The highest BCUT2D eigenvalue weighted by molar-refractivity contribution is 8.02. The number of nitrogens with one attached hydrogen (secondary N) is 1. The number of benzene rings is 1. The number of nitriles is 1. The van der Waals surface area contributed by atoms with Crippen LogP contribution in [0.3, 0.4) is 0 Å². The Kier molecular flexibility index (Phi) is 2.19. The van der Waals surface area contributed by atoms with Crippen LogP contribution in [0.4, 0.5) is 0 Å². The van der Waals surface area contributed by atoms with Gasteiger partial charge >= 0.3 is 0 Å². The number of imidazole rings is 1. The highest BCUT2D eigenvalue weighted by Crippen LogP contribution is 2.18. The predicted molar refractivity (Wildman–Crippen MR) is 53.0 cm³/mol. The van der Waals surface area contributed by atoms with Crippen molar-refractivity contribution in [2.24, 2.45) is 0 Å². The Balaban J connectivity index is 2.44. The van der Waals surface area contributed by atoms with Gasteiger partial charge < -0.3 is 4.98 Å². The van der Waals surface area contributed by atoms with E-state index in [1.807, 2.05) is 18.2 Å². The zero-order valence-electron chi connectivity index (χ0n) is 6.82. The molecule has 0 saturated heterocycles. The maximum atomic E-state index is 8.44. The first kappa shape index (κ1) is 8.14. The lowest BCUT2D eigenvalue weighted by molar-refractivity contribution is 1.33. The zero-order valence-corrected chi connectivity index (χ0v) is 7.64. The minimum atomic E-state index is 0.693. The normalized spacial score (nSPS) is 10.1. The van der Waals surface area contributed by atoms with Crippen LogP contribution in [0.25, 0.3) is 11.0 Å². The molecule has 1 heterocycles. The van der Waals surface area contributed by atoms with Gasteiger partial charge in [0.15, 0.2) is 0 Å². The lowest BCUT2D eigenvalue weighted by atomic mass is 10.2. The Morgan fingerprint density at radius 2 is 2.46 bits per heavy atom. The number of thioether (sulfide) groups is 1. The first-order valence-corrected chi connectivity index (χ1v) is 4.82. The van der Waals surface area contributed by atoms with E-state index in [2.05, 4.69) is 15.4 Å². The minimum absolute atomic E-state index is 0.693. The van der Waals surface area contributed by atoms with Gasteiger partial charge in [0.05, 0.1) is 17.4 Å². The molecule has 64 valence electrons. The minimum Gasteiger partial charge on any atom is -0.345 e. The van der Waals surface area contributed by atoms with Crippen LogP contribution >= 0.6 is 11.8 Å². The number of hydrogen-bond acceptors (Lipinski definition) is 3. The fourth-order valence-corrected chi connectivity index (χ4v) is 1.71. The zero-order chi connectivity index (χ0) is 9.10.